The van der Waals surface area contributed by atoms with Crippen molar-refractivity contribution in [3.63, 3.8) is 0 Å². The number of fused-ring (bicyclic) bond motifs is 1. The first-order chi connectivity index (χ1) is 16.0. The van der Waals surface area contributed by atoms with Gasteiger partial charge in [0.15, 0.2) is 0 Å². The van der Waals surface area contributed by atoms with Crippen molar-refractivity contribution in [1.29, 1.82) is 0 Å². The minimum atomic E-state index is -0.233. The monoisotopic (exact) mass is 486 g/mol. The summed E-state index contributed by atoms with van der Waals surface area (Å²) in [6.07, 6.45) is 7.38. The zero-order valence-corrected chi connectivity index (χ0v) is 20.0. The van der Waals surface area contributed by atoms with Crippen molar-refractivity contribution in [3.8, 4) is 0 Å². The summed E-state index contributed by atoms with van der Waals surface area (Å²) >= 11 is 6.68. The van der Waals surface area contributed by atoms with E-state index in [2.05, 4.69) is 5.32 Å². The Morgan fingerprint density at radius 3 is 2.70 bits per heavy atom. The van der Waals surface area contributed by atoms with E-state index in [4.69, 9.17) is 26.7 Å². The van der Waals surface area contributed by atoms with Crippen LogP contribution in [0.25, 0.3) is 11.7 Å². The van der Waals surface area contributed by atoms with Gasteiger partial charge in [0.1, 0.15) is 15.8 Å². The molecular formula is C23H26N4O4S2. The van der Waals surface area contributed by atoms with Gasteiger partial charge in [-0.3, -0.25) is 18.9 Å². The van der Waals surface area contributed by atoms with Gasteiger partial charge in [0.05, 0.1) is 29.2 Å². The minimum absolute atomic E-state index is 0.00595. The summed E-state index contributed by atoms with van der Waals surface area (Å²) in [6.45, 7) is 4.38. The topological polar surface area (TPSA) is 85.2 Å². The number of anilines is 1. The SMILES string of the molecule is Cc1ccc2nc(NCC3CCCO3)c(C=C3SC(=S)N(CC4CCCO4)C3=O)c(=O)n2c1. The molecule has 3 aliphatic heterocycles. The van der Waals surface area contributed by atoms with Gasteiger partial charge in [-0.1, -0.05) is 30.0 Å². The van der Waals surface area contributed by atoms with E-state index in [1.165, 1.54) is 16.2 Å². The number of thioether (sulfide) groups is 1. The Labute approximate surface area is 201 Å². The summed E-state index contributed by atoms with van der Waals surface area (Å²) in [6, 6.07) is 3.74. The van der Waals surface area contributed by atoms with Crippen LogP contribution in [0, 0.1) is 6.92 Å². The van der Waals surface area contributed by atoms with Crippen LogP contribution in [0.15, 0.2) is 28.0 Å². The Bertz CT molecular complexity index is 1180. The molecule has 0 aliphatic carbocycles. The van der Waals surface area contributed by atoms with Crippen LogP contribution in [0.1, 0.15) is 36.8 Å². The van der Waals surface area contributed by atoms with Crippen molar-refractivity contribution < 1.29 is 14.3 Å². The van der Waals surface area contributed by atoms with E-state index in [1.807, 2.05) is 19.1 Å². The molecule has 1 amide bonds. The molecule has 2 aromatic rings. The van der Waals surface area contributed by atoms with Crippen LogP contribution in [0.3, 0.4) is 0 Å². The molecule has 174 valence electrons. The first kappa shape index (κ1) is 22.5. The fourth-order valence-corrected chi connectivity index (χ4v) is 5.58. The van der Waals surface area contributed by atoms with Crippen LogP contribution in [0.4, 0.5) is 5.82 Å². The highest BCUT2D eigenvalue weighted by molar-refractivity contribution is 8.26. The summed E-state index contributed by atoms with van der Waals surface area (Å²) in [5, 5.41) is 3.29. The van der Waals surface area contributed by atoms with E-state index in [-0.39, 0.29) is 23.7 Å². The minimum Gasteiger partial charge on any atom is -0.376 e. The van der Waals surface area contributed by atoms with Crippen molar-refractivity contribution in [1.82, 2.24) is 14.3 Å². The molecule has 1 N–H and O–H groups in total. The normalized spacial score (nSPS) is 24.5. The molecule has 0 bridgehead atoms. The number of thiocarbonyl (C=S) groups is 1. The van der Waals surface area contributed by atoms with Gasteiger partial charge in [0.25, 0.3) is 11.5 Å². The molecule has 0 radical (unpaired) electrons. The van der Waals surface area contributed by atoms with E-state index in [0.717, 1.165) is 37.9 Å². The molecule has 0 spiro atoms. The molecule has 2 aromatic heterocycles. The number of carbonyl (C=O) groups excluding carboxylic acids is 1. The number of rotatable bonds is 6. The number of aryl methyl sites for hydroxylation is 1. The number of aromatic nitrogens is 2. The predicted octanol–water partition coefficient (Wildman–Crippen LogP) is 2.97. The maximum Gasteiger partial charge on any atom is 0.267 e. The number of carbonyl (C=O) groups is 1. The lowest BCUT2D eigenvalue weighted by Crippen LogP contribution is -2.35. The van der Waals surface area contributed by atoms with Gasteiger partial charge in [0.2, 0.25) is 0 Å². The van der Waals surface area contributed by atoms with E-state index < -0.39 is 0 Å². The van der Waals surface area contributed by atoms with E-state index >= 15 is 0 Å². The number of hydrogen-bond donors (Lipinski definition) is 1. The third-order valence-corrected chi connectivity index (χ3v) is 7.46. The Hall–Kier alpha value is -2.27. The van der Waals surface area contributed by atoms with E-state index in [1.54, 1.807) is 17.2 Å². The van der Waals surface area contributed by atoms with E-state index in [0.29, 0.717) is 46.0 Å². The van der Waals surface area contributed by atoms with Crippen LogP contribution in [0.5, 0.6) is 0 Å². The number of amides is 1. The first-order valence-electron chi connectivity index (χ1n) is 11.2. The fraction of sp³-hybridized carbons (Fsp3) is 0.478. The average molecular weight is 487 g/mol. The molecule has 3 fully saturated rings. The summed E-state index contributed by atoms with van der Waals surface area (Å²) in [7, 11) is 0. The second kappa shape index (κ2) is 9.54. The van der Waals surface area contributed by atoms with Gasteiger partial charge in [-0.2, -0.15) is 0 Å². The van der Waals surface area contributed by atoms with Crippen LogP contribution in [0.2, 0.25) is 0 Å². The summed E-state index contributed by atoms with van der Waals surface area (Å²) in [5.74, 6) is 0.253. The second-order valence-electron chi connectivity index (χ2n) is 8.56. The van der Waals surface area contributed by atoms with Crippen LogP contribution in [-0.2, 0) is 14.3 Å². The maximum atomic E-state index is 13.5. The quantitative estimate of drug-likeness (QED) is 0.493. The molecular weight excluding hydrogens is 460 g/mol. The van der Waals surface area contributed by atoms with Crippen molar-refractivity contribution in [2.24, 2.45) is 0 Å². The zero-order chi connectivity index (χ0) is 22.9. The smallest absolute Gasteiger partial charge is 0.267 e. The van der Waals surface area contributed by atoms with Crippen molar-refractivity contribution in [2.75, 3.05) is 31.6 Å². The molecule has 10 heteroatoms. The van der Waals surface area contributed by atoms with Gasteiger partial charge in [-0.25, -0.2) is 4.98 Å². The summed E-state index contributed by atoms with van der Waals surface area (Å²) in [4.78, 5) is 33.3. The molecule has 5 heterocycles. The molecule has 33 heavy (non-hydrogen) atoms. The Morgan fingerprint density at radius 2 is 1.97 bits per heavy atom. The fourth-order valence-electron chi connectivity index (χ4n) is 4.32. The molecule has 0 saturated carbocycles. The van der Waals surface area contributed by atoms with Crippen molar-refractivity contribution in [2.45, 2.75) is 44.8 Å². The zero-order valence-electron chi connectivity index (χ0n) is 18.4. The molecule has 8 nitrogen and oxygen atoms in total. The third-order valence-electron chi connectivity index (χ3n) is 6.09. The highest BCUT2D eigenvalue weighted by Crippen LogP contribution is 2.34. The predicted molar refractivity (Wildman–Crippen MR) is 133 cm³/mol. The second-order valence-corrected chi connectivity index (χ2v) is 10.2. The van der Waals surface area contributed by atoms with E-state index in [9.17, 15) is 9.59 Å². The van der Waals surface area contributed by atoms with Gasteiger partial charge < -0.3 is 14.8 Å². The van der Waals surface area contributed by atoms with Crippen molar-refractivity contribution >= 4 is 51.7 Å². The Morgan fingerprint density at radius 1 is 1.21 bits per heavy atom. The van der Waals surface area contributed by atoms with Gasteiger partial charge in [0, 0.05) is 26.0 Å². The molecule has 5 rings (SSSR count). The third kappa shape index (κ3) is 4.70. The van der Waals surface area contributed by atoms with Gasteiger partial charge >= 0.3 is 0 Å². The summed E-state index contributed by atoms with van der Waals surface area (Å²) < 4.78 is 13.4. The summed E-state index contributed by atoms with van der Waals surface area (Å²) in [5.41, 5.74) is 1.60. The van der Waals surface area contributed by atoms with Crippen LogP contribution < -0.4 is 10.9 Å². The highest BCUT2D eigenvalue weighted by Gasteiger charge is 2.35. The molecule has 2 unspecified atom stereocenters. The number of pyridine rings is 1. The Balaban J connectivity index is 1.49. The van der Waals surface area contributed by atoms with Crippen LogP contribution in [-0.4, -0.2) is 63.0 Å². The number of hydrogen-bond acceptors (Lipinski definition) is 8. The van der Waals surface area contributed by atoms with Gasteiger partial charge in [-0.05, 0) is 50.3 Å². The number of nitrogens with zero attached hydrogens (tertiary/aromatic N) is 3. The number of nitrogens with one attached hydrogen (secondary N) is 1. The van der Waals surface area contributed by atoms with Crippen molar-refractivity contribution in [3.05, 3.63) is 44.7 Å². The van der Waals surface area contributed by atoms with Gasteiger partial charge in [-0.15, -0.1) is 0 Å². The lowest BCUT2D eigenvalue weighted by molar-refractivity contribution is -0.123. The lowest BCUT2D eigenvalue weighted by atomic mass is 10.2. The Kier molecular flexibility index (Phi) is 6.51. The molecule has 3 saturated heterocycles. The molecule has 2 atom stereocenters. The molecule has 0 aromatic carbocycles. The highest BCUT2D eigenvalue weighted by atomic mass is 32.2. The largest absolute Gasteiger partial charge is 0.376 e. The maximum absolute atomic E-state index is 13.5. The lowest BCUT2D eigenvalue weighted by Gasteiger charge is -2.18. The van der Waals surface area contributed by atoms with Crippen LogP contribution >= 0.6 is 24.0 Å². The standard InChI is InChI=1S/C23H26N4O4S2/c1-14-6-7-19-25-20(24-11-15-4-2-8-30-15)17(21(28)26(19)12-14)10-18-22(29)27(23(32)33-18)13-16-5-3-9-31-16/h6-7,10,12,15-16,24H,2-5,8-9,11,13H2,1H3. The molecule has 3 aliphatic rings. The first-order valence-corrected chi connectivity index (χ1v) is 12.5. The average Bonchev–Trinajstić information content (AvgIpc) is 3.55. The number of ether oxygens (including phenoxy) is 2.